The molecule has 0 saturated heterocycles. The molecule has 1 N–H and O–H groups in total. The minimum Gasteiger partial charge on any atom is -0.380 e. The lowest BCUT2D eigenvalue weighted by atomic mass is 10.1. The van der Waals surface area contributed by atoms with Gasteiger partial charge in [-0.1, -0.05) is 12.1 Å². The van der Waals surface area contributed by atoms with E-state index in [4.69, 9.17) is 4.74 Å². The van der Waals surface area contributed by atoms with E-state index in [1.165, 1.54) is 0 Å². The van der Waals surface area contributed by atoms with Crippen molar-refractivity contribution < 1.29 is 9.13 Å². The zero-order chi connectivity index (χ0) is 12.0. The molecule has 16 heavy (non-hydrogen) atoms. The summed E-state index contributed by atoms with van der Waals surface area (Å²) in [5.41, 5.74) is 1.66. The maximum Gasteiger partial charge on any atom is 0.126 e. The molecular formula is C13H20FNO. The van der Waals surface area contributed by atoms with Gasteiger partial charge >= 0.3 is 0 Å². The topological polar surface area (TPSA) is 21.3 Å². The fraction of sp³-hybridized carbons (Fsp3) is 0.538. The minimum absolute atomic E-state index is 0.143. The van der Waals surface area contributed by atoms with E-state index >= 15 is 0 Å². The van der Waals surface area contributed by atoms with Gasteiger partial charge in [-0.2, -0.15) is 0 Å². The van der Waals surface area contributed by atoms with Crippen LogP contribution >= 0.6 is 0 Å². The Morgan fingerprint density at radius 2 is 2.19 bits per heavy atom. The standard InChI is InChI=1S/C13H20FNO/c1-4-16-8-7-15-11(3)12-6-5-10(2)13(14)9-12/h5-6,9,11,15H,4,7-8H2,1-3H3. The molecule has 0 amide bonds. The quantitative estimate of drug-likeness (QED) is 0.752. The lowest BCUT2D eigenvalue weighted by Gasteiger charge is -2.14. The first-order valence-corrected chi connectivity index (χ1v) is 5.72. The predicted molar refractivity (Wildman–Crippen MR) is 64.0 cm³/mol. The van der Waals surface area contributed by atoms with E-state index in [9.17, 15) is 4.39 Å². The molecule has 0 saturated carbocycles. The molecule has 0 bridgehead atoms. The Balaban J connectivity index is 2.46. The summed E-state index contributed by atoms with van der Waals surface area (Å²) in [5.74, 6) is -0.143. The van der Waals surface area contributed by atoms with E-state index in [2.05, 4.69) is 5.32 Å². The third kappa shape index (κ3) is 3.91. The Labute approximate surface area is 96.8 Å². The predicted octanol–water partition coefficient (Wildman–Crippen LogP) is 2.82. The molecule has 1 atom stereocenters. The minimum atomic E-state index is -0.143. The van der Waals surface area contributed by atoms with Gasteiger partial charge in [-0.15, -0.1) is 0 Å². The largest absolute Gasteiger partial charge is 0.380 e. The second-order valence-corrected chi connectivity index (χ2v) is 3.88. The van der Waals surface area contributed by atoms with Crippen LogP contribution in [0.25, 0.3) is 0 Å². The second-order valence-electron chi connectivity index (χ2n) is 3.88. The van der Waals surface area contributed by atoms with Crippen molar-refractivity contribution in [3.05, 3.63) is 35.1 Å². The van der Waals surface area contributed by atoms with Crippen LogP contribution in [-0.4, -0.2) is 19.8 Å². The van der Waals surface area contributed by atoms with Crippen molar-refractivity contribution in [2.24, 2.45) is 0 Å². The molecule has 0 fully saturated rings. The van der Waals surface area contributed by atoms with Crippen LogP contribution < -0.4 is 5.32 Å². The molecule has 90 valence electrons. The molecule has 1 aromatic carbocycles. The molecule has 1 unspecified atom stereocenters. The number of ether oxygens (including phenoxy) is 1. The van der Waals surface area contributed by atoms with E-state index in [-0.39, 0.29) is 11.9 Å². The van der Waals surface area contributed by atoms with E-state index in [1.54, 1.807) is 13.0 Å². The number of rotatable bonds is 6. The van der Waals surface area contributed by atoms with Crippen molar-refractivity contribution in [3.63, 3.8) is 0 Å². The first-order chi connectivity index (χ1) is 7.65. The summed E-state index contributed by atoms with van der Waals surface area (Å²) >= 11 is 0. The first kappa shape index (κ1) is 13.1. The van der Waals surface area contributed by atoms with Gasteiger partial charge in [0.25, 0.3) is 0 Å². The summed E-state index contributed by atoms with van der Waals surface area (Å²) in [6.07, 6.45) is 0. The highest BCUT2D eigenvalue weighted by Crippen LogP contribution is 2.15. The zero-order valence-electron chi connectivity index (χ0n) is 10.2. The van der Waals surface area contributed by atoms with Crippen LogP contribution in [0.15, 0.2) is 18.2 Å². The number of nitrogens with one attached hydrogen (secondary N) is 1. The Hall–Kier alpha value is -0.930. The average molecular weight is 225 g/mol. The molecule has 0 aliphatic heterocycles. The van der Waals surface area contributed by atoms with Crippen molar-refractivity contribution in [2.45, 2.75) is 26.8 Å². The summed E-state index contributed by atoms with van der Waals surface area (Å²) in [7, 11) is 0. The lowest BCUT2D eigenvalue weighted by Crippen LogP contribution is -2.23. The highest BCUT2D eigenvalue weighted by molar-refractivity contribution is 5.25. The lowest BCUT2D eigenvalue weighted by molar-refractivity contribution is 0.147. The maximum atomic E-state index is 13.3. The third-order valence-electron chi connectivity index (χ3n) is 2.60. The van der Waals surface area contributed by atoms with Crippen molar-refractivity contribution in [3.8, 4) is 0 Å². The Bertz CT molecular complexity index is 328. The van der Waals surface area contributed by atoms with Crippen LogP contribution in [0.5, 0.6) is 0 Å². The second kappa shape index (κ2) is 6.61. The molecule has 3 heteroatoms. The number of hydrogen-bond acceptors (Lipinski definition) is 2. The summed E-state index contributed by atoms with van der Waals surface area (Å²) in [6.45, 7) is 7.97. The highest BCUT2D eigenvalue weighted by Gasteiger charge is 2.06. The van der Waals surface area contributed by atoms with E-state index in [1.807, 2.05) is 26.0 Å². The Kier molecular flexibility index (Phi) is 5.43. The number of aryl methyl sites for hydroxylation is 1. The van der Waals surface area contributed by atoms with E-state index < -0.39 is 0 Å². The molecule has 0 aromatic heterocycles. The van der Waals surface area contributed by atoms with Gasteiger partial charge in [-0.25, -0.2) is 4.39 Å². The zero-order valence-corrected chi connectivity index (χ0v) is 10.2. The van der Waals surface area contributed by atoms with Crippen LogP contribution in [-0.2, 0) is 4.74 Å². The molecule has 0 aliphatic rings. The van der Waals surface area contributed by atoms with Crippen LogP contribution in [0.4, 0.5) is 4.39 Å². The highest BCUT2D eigenvalue weighted by atomic mass is 19.1. The molecule has 2 nitrogen and oxygen atoms in total. The van der Waals surface area contributed by atoms with Gasteiger partial charge in [0.05, 0.1) is 6.61 Å². The average Bonchev–Trinajstić information content (AvgIpc) is 2.28. The third-order valence-corrected chi connectivity index (χ3v) is 2.60. The van der Waals surface area contributed by atoms with Gasteiger partial charge in [0.15, 0.2) is 0 Å². The van der Waals surface area contributed by atoms with Gasteiger partial charge in [0.2, 0.25) is 0 Å². The van der Waals surface area contributed by atoms with Crippen molar-refractivity contribution in [1.29, 1.82) is 0 Å². The number of halogens is 1. The summed E-state index contributed by atoms with van der Waals surface area (Å²) in [5, 5.41) is 3.29. The molecule has 1 aromatic rings. The smallest absolute Gasteiger partial charge is 0.126 e. The number of hydrogen-bond donors (Lipinski definition) is 1. The van der Waals surface area contributed by atoms with Gasteiger partial charge in [-0.3, -0.25) is 0 Å². The van der Waals surface area contributed by atoms with Gasteiger partial charge in [0, 0.05) is 19.2 Å². The summed E-state index contributed by atoms with van der Waals surface area (Å²) in [4.78, 5) is 0. The van der Waals surface area contributed by atoms with Crippen LogP contribution in [0, 0.1) is 12.7 Å². The van der Waals surface area contributed by atoms with Gasteiger partial charge in [-0.05, 0) is 38.0 Å². The molecule has 0 spiro atoms. The Morgan fingerprint density at radius 3 is 2.81 bits per heavy atom. The molecule has 0 radical (unpaired) electrons. The van der Waals surface area contributed by atoms with Gasteiger partial charge < -0.3 is 10.1 Å². The number of benzene rings is 1. The first-order valence-electron chi connectivity index (χ1n) is 5.72. The normalized spacial score (nSPS) is 12.8. The summed E-state index contributed by atoms with van der Waals surface area (Å²) < 4.78 is 18.6. The molecule has 0 heterocycles. The van der Waals surface area contributed by atoms with E-state index in [0.29, 0.717) is 12.2 Å². The monoisotopic (exact) mass is 225 g/mol. The fourth-order valence-corrected chi connectivity index (χ4v) is 1.49. The van der Waals surface area contributed by atoms with Crippen LogP contribution in [0.3, 0.4) is 0 Å². The maximum absolute atomic E-state index is 13.3. The van der Waals surface area contributed by atoms with Crippen LogP contribution in [0.1, 0.15) is 31.0 Å². The van der Waals surface area contributed by atoms with E-state index in [0.717, 1.165) is 18.7 Å². The molecular weight excluding hydrogens is 205 g/mol. The summed E-state index contributed by atoms with van der Waals surface area (Å²) in [6, 6.07) is 5.51. The molecule has 1 rings (SSSR count). The van der Waals surface area contributed by atoms with Crippen molar-refractivity contribution >= 4 is 0 Å². The van der Waals surface area contributed by atoms with Crippen LogP contribution in [0.2, 0.25) is 0 Å². The molecule has 0 aliphatic carbocycles. The van der Waals surface area contributed by atoms with Gasteiger partial charge in [0.1, 0.15) is 5.82 Å². The van der Waals surface area contributed by atoms with Crippen molar-refractivity contribution in [2.75, 3.05) is 19.8 Å². The Morgan fingerprint density at radius 1 is 1.44 bits per heavy atom. The SMILES string of the molecule is CCOCCNC(C)c1ccc(C)c(F)c1. The van der Waals surface area contributed by atoms with Crippen molar-refractivity contribution in [1.82, 2.24) is 5.32 Å². The fourth-order valence-electron chi connectivity index (χ4n) is 1.49.